The minimum Gasteiger partial charge on any atom is -0.368 e. The Morgan fingerprint density at radius 1 is 1.00 bits per heavy atom. The van der Waals surface area contributed by atoms with Crippen molar-refractivity contribution in [2.24, 2.45) is 0 Å². The maximum atomic E-state index is 4.46. The molecule has 2 aromatic heterocycles. The number of nitrogens with one attached hydrogen (secondary N) is 3. The molecule has 2 heterocycles. The van der Waals surface area contributed by atoms with Crippen molar-refractivity contribution in [1.29, 1.82) is 0 Å². The van der Waals surface area contributed by atoms with Gasteiger partial charge in [0, 0.05) is 19.3 Å². The van der Waals surface area contributed by atoms with E-state index in [1.54, 1.807) is 0 Å². The lowest BCUT2D eigenvalue weighted by Crippen LogP contribution is -2.05. The summed E-state index contributed by atoms with van der Waals surface area (Å²) in [6, 6.07) is 0. The van der Waals surface area contributed by atoms with Crippen molar-refractivity contribution in [3.63, 3.8) is 0 Å². The zero-order valence-electron chi connectivity index (χ0n) is 13.1. The second-order valence-corrected chi connectivity index (χ2v) is 5.30. The zero-order chi connectivity index (χ0) is 14.9. The first-order valence-corrected chi connectivity index (χ1v) is 8.04. The summed E-state index contributed by atoms with van der Waals surface area (Å²) in [4.78, 5) is 8.82. The number of hydrogen-bond donors (Lipinski definition) is 3. The first-order valence-electron chi connectivity index (χ1n) is 8.04. The van der Waals surface area contributed by atoms with E-state index in [9.17, 15) is 0 Å². The molecule has 0 fully saturated rings. The highest BCUT2D eigenvalue weighted by Gasteiger charge is 2.07. The topological polar surface area (TPSA) is 78.5 Å². The SMILES string of the molecule is CCCCCNc1ncc2c(NCCCCC)n[nH]c2n1. The summed E-state index contributed by atoms with van der Waals surface area (Å²) in [6.07, 6.45) is 9.03. The van der Waals surface area contributed by atoms with Gasteiger partial charge in [-0.2, -0.15) is 10.1 Å². The molecule has 0 saturated carbocycles. The lowest BCUT2D eigenvalue weighted by atomic mass is 10.2. The van der Waals surface area contributed by atoms with Gasteiger partial charge in [-0.25, -0.2) is 4.98 Å². The monoisotopic (exact) mass is 290 g/mol. The molecule has 116 valence electrons. The van der Waals surface area contributed by atoms with E-state index < -0.39 is 0 Å². The van der Waals surface area contributed by atoms with E-state index in [1.165, 1.54) is 25.7 Å². The zero-order valence-corrected chi connectivity index (χ0v) is 13.1. The fourth-order valence-electron chi connectivity index (χ4n) is 2.19. The Balaban J connectivity index is 1.91. The Morgan fingerprint density at radius 2 is 1.71 bits per heavy atom. The molecule has 0 spiro atoms. The third-order valence-electron chi connectivity index (χ3n) is 3.45. The molecule has 0 aliphatic rings. The predicted octanol–water partition coefficient (Wildman–Crippen LogP) is 3.56. The number of anilines is 2. The van der Waals surface area contributed by atoms with Crippen LogP contribution in [0.2, 0.25) is 0 Å². The van der Waals surface area contributed by atoms with Crippen LogP contribution in [0.5, 0.6) is 0 Å². The number of H-pyrrole nitrogens is 1. The molecule has 0 atom stereocenters. The van der Waals surface area contributed by atoms with Gasteiger partial charge in [-0.1, -0.05) is 39.5 Å². The Morgan fingerprint density at radius 3 is 2.43 bits per heavy atom. The molecule has 6 heteroatoms. The van der Waals surface area contributed by atoms with Crippen molar-refractivity contribution >= 4 is 22.8 Å². The molecular formula is C15H26N6. The van der Waals surface area contributed by atoms with Gasteiger partial charge in [-0.05, 0) is 12.8 Å². The number of nitrogens with zero attached hydrogens (tertiary/aromatic N) is 3. The summed E-state index contributed by atoms with van der Waals surface area (Å²) in [6.45, 7) is 6.25. The summed E-state index contributed by atoms with van der Waals surface area (Å²) in [5.41, 5.74) is 0.779. The molecule has 3 N–H and O–H groups in total. The average molecular weight is 290 g/mol. The maximum Gasteiger partial charge on any atom is 0.224 e. The molecule has 0 aliphatic heterocycles. The second-order valence-electron chi connectivity index (χ2n) is 5.30. The first kappa shape index (κ1) is 15.5. The largest absolute Gasteiger partial charge is 0.368 e. The fraction of sp³-hybridized carbons (Fsp3) is 0.667. The lowest BCUT2D eigenvalue weighted by Gasteiger charge is -2.04. The number of hydrogen-bond acceptors (Lipinski definition) is 5. The van der Waals surface area contributed by atoms with Gasteiger partial charge in [0.15, 0.2) is 11.5 Å². The normalized spacial score (nSPS) is 11.0. The third-order valence-corrected chi connectivity index (χ3v) is 3.45. The summed E-state index contributed by atoms with van der Waals surface area (Å²) < 4.78 is 0. The predicted molar refractivity (Wildman–Crippen MR) is 87.7 cm³/mol. The molecule has 0 radical (unpaired) electrons. The van der Waals surface area contributed by atoms with Gasteiger partial charge in [0.05, 0.1) is 5.39 Å². The van der Waals surface area contributed by atoms with Crippen molar-refractivity contribution < 1.29 is 0 Å². The van der Waals surface area contributed by atoms with Gasteiger partial charge >= 0.3 is 0 Å². The number of fused-ring (bicyclic) bond motifs is 1. The van der Waals surface area contributed by atoms with E-state index in [2.05, 4.69) is 44.6 Å². The van der Waals surface area contributed by atoms with Crippen molar-refractivity contribution in [3.05, 3.63) is 6.20 Å². The van der Waals surface area contributed by atoms with E-state index in [4.69, 9.17) is 0 Å². The summed E-state index contributed by atoms with van der Waals surface area (Å²) >= 11 is 0. The van der Waals surface area contributed by atoms with Gasteiger partial charge in [-0.3, -0.25) is 5.10 Å². The van der Waals surface area contributed by atoms with Gasteiger partial charge in [0.2, 0.25) is 5.95 Å². The molecule has 6 nitrogen and oxygen atoms in total. The van der Waals surface area contributed by atoms with Gasteiger partial charge in [-0.15, -0.1) is 0 Å². The van der Waals surface area contributed by atoms with Crippen LogP contribution < -0.4 is 10.6 Å². The molecule has 0 saturated heterocycles. The van der Waals surface area contributed by atoms with Crippen LogP contribution >= 0.6 is 0 Å². The highest BCUT2D eigenvalue weighted by atomic mass is 15.2. The van der Waals surface area contributed by atoms with Crippen molar-refractivity contribution in [2.75, 3.05) is 23.7 Å². The Hall–Kier alpha value is -1.85. The van der Waals surface area contributed by atoms with Crippen molar-refractivity contribution in [1.82, 2.24) is 20.2 Å². The first-order chi connectivity index (χ1) is 10.3. The van der Waals surface area contributed by atoms with Crippen LogP contribution in [0.25, 0.3) is 11.0 Å². The van der Waals surface area contributed by atoms with Crippen LogP contribution in [0, 0.1) is 0 Å². The second kappa shape index (κ2) is 8.44. The quantitative estimate of drug-likeness (QED) is 0.583. The molecular weight excluding hydrogens is 264 g/mol. The Bertz CT molecular complexity index is 536. The Kier molecular flexibility index (Phi) is 6.24. The highest BCUT2D eigenvalue weighted by Crippen LogP contribution is 2.18. The van der Waals surface area contributed by atoms with Crippen LogP contribution in [0.4, 0.5) is 11.8 Å². The smallest absolute Gasteiger partial charge is 0.224 e. The molecule has 21 heavy (non-hydrogen) atoms. The van der Waals surface area contributed by atoms with Gasteiger partial charge in [0.25, 0.3) is 0 Å². The van der Waals surface area contributed by atoms with Crippen molar-refractivity contribution in [2.45, 2.75) is 52.4 Å². The maximum absolute atomic E-state index is 4.46. The molecule has 2 aromatic rings. The minimum atomic E-state index is 0.666. The van der Waals surface area contributed by atoms with Crippen LogP contribution in [-0.2, 0) is 0 Å². The molecule has 2 rings (SSSR count). The number of aromatic nitrogens is 4. The summed E-state index contributed by atoms with van der Waals surface area (Å²) in [5.74, 6) is 1.51. The van der Waals surface area contributed by atoms with Gasteiger partial charge in [0.1, 0.15) is 0 Å². The number of unbranched alkanes of at least 4 members (excludes halogenated alkanes) is 4. The Labute approximate surface area is 126 Å². The highest BCUT2D eigenvalue weighted by molar-refractivity contribution is 5.86. The number of rotatable bonds is 10. The minimum absolute atomic E-state index is 0.666. The standard InChI is InChI=1S/C15H26N6/c1-3-5-7-9-16-13-12-11-18-15(17-10-8-6-4-2)19-14(12)21-20-13/h11H,3-10H2,1-2H3,(H3,16,17,18,19,20,21). The van der Waals surface area contributed by atoms with E-state index in [-0.39, 0.29) is 0 Å². The molecule has 0 bridgehead atoms. The van der Waals surface area contributed by atoms with E-state index in [1.807, 2.05) is 6.20 Å². The van der Waals surface area contributed by atoms with Crippen LogP contribution in [0.1, 0.15) is 52.4 Å². The average Bonchev–Trinajstić information content (AvgIpc) is 2.91. The molecule has 0 aliphatic carbocycles. The van der Waals surface area contributed by atoms with E-state index >= 15 is 0 Å². The van der Waals surface area contributed by atoms with Crippen LogP contribution in [0.15, 0.2) is 6.20 Å². The molecule has 0 aromatic carbocycles. The van der Waals surface area contributed by atoms with Gasteiger partial charge < -0.3 is 10.6 Å². The molecule has 0 amide bonds. The molecule has 0 unspecified atom stereocenters. The van der Waals surface area contributed by atoms with E-state index in [0.29, 0.717) is 5.95 Å². The number of aromatic amines is 1. The lowest BCUT2D eigenvalue weighted by molar-refractivity contribution is 0.740. The fourth-order valence-corrected chi connectivity index (χ4v) is 2.19. The van der Waals surface area contributed by atoms with Crippen LogP contribution in [-0.4, -0.2) is 33.3 Å². The van der Waals surface area contributed by atoms with E-state index in [0.717, 1.165) is 42.8 Å². The summed E-state index contributed by atoms with van der Waals surface area (Å²) in [7, 11) is 0. The summed E-state index contributed by atoms with van der Waals surface area (Å²) in [5, 5.41) is 14.8. The van der Waals surface area contributed by atoms with Crippen LogP contribution in [0.3, 0.4) is 0 Å². The third kappa shape index (κ3) is 4.58. The van der Waals surface area contributed by atoms with Crippen molar-refractivity contribution in [3.8, 4) is 0 Å².